The van der Waals surface area contributed by atoms with E-state index in [4.69, 9.17) is 4.74 Å². The Bertz CT molecular complexity index is 172. The Hall–Kier alpha value is 0.200. The second-order valence-electron chi connectivity index (χ2n) is 3.87. The van der Waals surface area contributed by atoms with Gasteiger partial charge in [0.05, 0.1) is 0 Å². The van der Waals surface area contributed by atoms with E-state index in [0.717, 1.165) is 16.8 Å². The summed E-state index contributed by atoms with van der Waals surface area (Å²) in [6.45, 7) is 5.10. The maximum atomic E-state index is 10.3. The highest BCUT2D eigenvalue weighted by atomic mass is 127. The molecule has 2 nitrogen and oxygen atoms in total. The Balaban J connectivity index is 2.62. The summed E-state index contributed by atoms with van der Waals surface area (Å²) >= 11 is 2.40. The molecule has 0 spiro atoms. The van der Waals surface area contributed by atoms with Crippen LogP contribution in [0.4, 0.5) is 0 Å². The first-order chi connectivity index (χ1) is 6.24. The molecule has 13 heavy (non-hydrogen) atoms. The van der Waals surface area contributed by atoms with Crippen molar-refractivity contribution in [3.8, 4) is 0 Å². The van der Waals surface area contributed by atoms with E-state index in [9.17, 15) is 4.79 Å². The first-order valence-corrected chi connectivity index (χ1v) is 6.42. The predicted molar refractivity (Wildman–Crippen MR) is 60.9 cm³/mol. The topological polar surface area (TPSA) is 26.3 Å². The molecule has 0 unspecified atom stereocenters. The second kappa shape index (κ2) is 5.17. The Labute approximate surface area is 93.6 Å². The lowest BCUT2D eigenvalue weighted by molar-refractivity contribution is -0.135. The van der Waals surface area contributed by atoms with Gasteiger partial charge < -0.3 is 4.74 Å². The number of hydrogen-bond donors (Lipinski definition) is 0. The largest absolute Gasteiger partial charge is 0.464 e. The molecule has 0 aromatic carbocycles. The number of halogens is 1. The Kier molecular flexibility index (Phi) is 4.49. The Morgan fingerprint density at radius 1 is 1.54 bits per heavy atom. The molecule has 0 aliphatic heterocycles. The van der Waals surface area contributed by atoms with Crippen LogP contribution in [0, 0.1) is 17.8 Å². The summed E-state index contributed by atoms with van der Waals surface area (Å²) in [5.41, 5.74) is 0. The van der Waals surface area contributed by atoms with Crippen molar-refractivity contribution in [2.45, 2.75) is 32.8 Å². The molecule has 1 aliphatic rings. The minimum Gasteiger partial charge on any atom is -0.464 e. The lowest BCUT2D eigenvalue weighted by Gasteiger charge is -2.21. The van der Waals surface area contributed by atoms with Crippen LogP contribution in [-0.4, -0.2) is 17.0 Å². The molecule has 1 rings (SSSR count). The number of carbonyl (C=O) groups excluding carboxylic acids is 1. The summed E-state index contributed by atoms with van der Waals surface area (Å²) in [6.07, 6.45) is 2.42. The van der Waals surface area contributed by atoms with E-state index >= 15 is 0 Å². The number of hydrogen-bond acceptors (Lipinski definition) is 2. The quantitative estimate of drug-likeness (QED) is 0.453. The van der Waals surface area contributed by atoms with Crippen LogP contribution in [0.3, 0.4) is 0 Å². The molecule has 0 aromatic heterocycles. The fourth-order valence-electron chi connectivity index (χ4n) is 2.56. The van der Waals surface area contributed by atoms with E-state index in [1.165, 1.54) is 6.42 Å². The van der Waals surface area contributed by atoms with Gasteiger partial charge in [-0.05, 0) is 18.3 Å². The smallest absolute Gasteiger partial charge is 0.293 e. The van der Waals surface area contributed by atoms with Gasteiger partial charge in [0.15, 0.2) is 0 Å². The highest BCUT2D eigenvalue weighted by Crippen LogP contribution is 2.41. The van der Waals surface area contributed by atoms with Gasteiger partial charge in [-0.2, -0.15) is 0 Å². The lowest BCUT2D eigenvalue weighted by atomic mass is 9.89. The average Bonchev–Trinajstić information content (AvgIpc) is 2.41. The number of ether oxygens (including phenoxy) is 1. The number of alkyl halides is 1. The summed E-state index contributed by atoms with van der Waals surface area (Å²) in [6, 6.07) is 0. The van der Waals surface area contributed by atoms with Crippen molar-refractivity contribution in [1.29, 1.82) is 0 Å². The number of rotatable bonds is 4. The molecule has 76 valence electrons. The van der Waals surface area contributed by atoms with Crippen LogP contribution >= 0.6 is 22.6 Å². The Morgan fingerprint density at radius 3 is 2.69 bits per heavy atom. The molecule has 0 N–H and O–H groups in total. The van der Waals surface area contributed by atoms with Crippen LogP contribution in [0.1, 0.15) is 26.7 Å². The van der Waals surface area contributed by atoms with Crippen molar-refractivity contribution in [2.24, 2.45) is 17.8 Å². The van der Waals surface area contributed by atoms with Crippen LogP contribution in [-0.2, 0) is 9.53 Å². The van der Waals surface area contributed by atoms with Crippen LogP contribution < -0.4 is 0 Å². The van der Waals surface area contributed by atoms with E-state index in [1.54, 1.807) is 0 Å². The van der Waals surface area contributed by atoms with E-state index < -0.39 is 0 Å². The fourth-order valence-corrected chi connectivity index (χ4v) is 3.78. The minimum atomic E-state index is 0.175. The van der Waals surface area contributed by atoms with Crippen molar-refractivity contribution in [1.82, 2.24) is 0 Å². The van der Waals surface area contributed by atoms with Gasteiger partial charge >= 0.3 is 0 Å². The molecular formula is C10H17IO2. The first kappa shape index (κ1) is 11.3. The zero-order valence-corrected chi connectivity index (χ0v) is 10.4. The molecule has 1 fully saturated rings. The van der Waals surface area contributed by atoms with Crippen LogP contribution in [0.15, 0.2) is 0 Å². The van der Waals surface area contributed by atoms with E-state index in [0.29, 0.717) is 18.3 Å². The van der Waals surface area contributed by atoms with Gasteiger partial charge in [-0.1, -0.05) is 42.9 Å². The average molecular weight is 296 g/mol. The lowest BCUT2D eigenvalue weighted by Crippen LogP contribution is -2.23. The molecule has 0 bridgehead atoms. The monoisotopic (exact) mass is 296 g/mol. The number of carbonyl (C=O) groups is 1. The van der Waals surface area contributed by atoms with E-state index in [1.807, 2.05) is 0 Å². The summed E-state index contributed by atoms with van der Waals surface area (Å²) < 4.78 is 6.22. The van der Waals surface area contributed by atoms with Crippen molar-refractivity contribution >= 4 is 29.1 Å². The third-order valence-corrected chi connectivity index (χ3v) is 4.26. The molecular weight excluding hydrogens is 279 g/mol. The highest BCUT2D eigenvalue weighted by molar-refractivity contribution is 14.1. The minimum absolute atomic E-state index is 0.175. The predicted octanol–water partition coefficient (Wildman–Crippen LogP) is 2.65. The molecule has 0 saturated heterocycles. The fraction of sp³-hybridized carbons (Fsp3) is 0.900. The zero-order chi connectivity index (χ0) is 9.84. The highest BCUT2D eigenvalue weighted by Gasteiger charge is 2.40. The van der Waals surface area contributed by atoms with Gasteiger partial charge in [-0.3, -0.25) is 4.79 Å². The van der Waals surface area contributed by atoms with Gasteiger partial charge in [0, 0.05) is 10.3 Å². The van der Waals surface area contributed by atoms with Crippen LogP contribution in [0.2, 0.25) is 0 Å². The summed E-state index contributed by atoms with van der Waals surface area (Å²) in [4.78, 5) is 10.3. The van der Waals surface area contributed by atoms with Crippen molar-refractivity contribution in [3.63, 3.8) is 0 Å². The third-order valence-electron chi connectivity index (χ3n) is 3.24. The summed E-state index contributed by atoms with van der Waals surface area (Å²) in [5.74, 6) is 2.02. The van der Waals surface area contributed by atoms with Crippen LogP contribution in [0.5, 0.6) is 0 Å². The van der Waals surface area contributed by atoms with Gasteiger partial charge in [0.1, 0.15) is 6.10 Å². The van der Waals surface area contributed by atoms with E-state index in [2.05, 4.69) is 36.4 Å². The Morgan fingerprint density at radius 2 is 2.23 bits per heavy atom. The van der Waals surface area contributed by atoms with Crippen molar-refractivity contribution < 1.29 is 9.53 Å². The van der Waals surface area contributed by atoms with Crippen LogP contribution in [0.25, 0.3) is 0 Å². The molecule has 4 atom stereocenters. The maximum absolute atomic E-state index is 10.3. The van der Waals surface area contributed by atoms with Gasteiger partial charge in [-0.15, -0.1) is 0 Å². The second-order valence-corrected chi connectivity index (χ2v) is 4.75. The molecule has 0 aromatic rings. The van der Waals surface area contributed by atoms with Gasteiger partial charge in [0.25, 0.3) is 6.47 Å². The molecule has 1 aliphatic carbocycles. The van der Waals surface area contributed by atoms with Crippen molar-refractivity contribution in [2.75, 3.05) is 4.43 Å². The zero-order valence-electron chi connectivity index (χ0n) is 8.20. The maximum Gasteiger partial charge on any atom is 0.293 e. The molecule has 0 amide bonds. The van der Waals surface area contributed by atoms with Crippen molar-refractivity contribution in [3.05, 3.63) is 0 Å². The SMILES string of the molecule is CC[C@H]1[C@H](CI)[C@H](OC=O)C[C@@H]1C. The molecule has 0 heterocycles. The molecule has 1 saturated carbocycles. The summed E-state index contributed by atoms with van der Waals surface area (Å²) in [5, 5.41) is 0. The molecule has 3 heteroatoms. The third kappa shape index (κ3) is 2.36. The van der Waals surface area contributed by atoms with Gasteiger partial charge in [-0.25, -0.2) is 0 Å². The van der Waals surface area contributed by atoms with Gasteiger partial charge in [0.2, 0.25) is 0 Å². The van der Waals surface area contributed by atoms with E-state index in [-0.39, 0.29) is 6.10 Å². The molecule has 0 radical (unpaired) electrons. The first-order valence-electron chi connectivity index (χ1n) is 4.89. The normalized spacial score (nSPS) is 39.0. The standard InChI is InChI=1S/C10H17IO2/c1-3-8-7(2)4-10(13-6-12)9(8)5-11/h6-10H,3-5H2,1-2H3/t7-,8+,9-,10+/m0/s1. The summed E-state index contributed by atoms with van der Waals surface area (Å²) in [7, 11) is 0.